The van der Waals surface area contributed by atoms with Crippen LogP contribution in [0.4, 0.5) is 0 Å². The van der Waals surface area contributed by atoms with Crippen LogP contribution in [0.5, 0.6) is 0 Å². The standard InChI is InChI=1S/H3NO2PS/c2-4(3)1-5/h5H,(H2,1,2,3). The van der Waals surface area contributed by atoms with Crippen molar-refractivity contribution in [1.82, 2.24) is 4.49 Å². The van der Waals surface area contributed by atoms with E-state index in [1.165, 1.54) is 0 Å². The van der Waals surface area contributed by atoms with Crippen LogP contribution in [0.15, 0.2) is 0 Å². The first kappa shape index (κ1) is 5.37. The molecule has 1 unspecified atom stereocenters. The molecule has 31 valence electrons. The summed E-state index contributed by atoms with van der Waals surface area (Å²) in [7, 11) is -2.23. The third kappa shape index (κ3) is 4.37. The zero-order chi connectivity index (χ0) is 4.28. The highest BCUT2D eigenvalue weighted by Crippen LogP contribution is 2.03. The predicted molar refractivity (Wildman–Crippen MR) is 21.9 cm³/mol. The summed E-state index contributed by atoms with van der Waals surface area (Å²) in [5.41, 5.74) is 0. The van der Waals surface area contributed by atoms with E-state index in [0.29, 0.717) is 0 Å². The lowest BCUT2D eigenvalue weighted by Crippen LogP contribution is -1.75. The second kappa shape index (κ2) is 2.60. The van der Waals surface area contributed by atoms with E-state index in [1.54, 1.807) is 4.49 Å². The minimum atomic E-state index is -2.23. The van der Waals surface area contributed by atoms with Crippen molar-refractivity contribution in [3.63, 3.8) is 0 Å². The van der Waals surface area contributed by atoms with Crippen LogP contribution in [0.2, 0.25) is 0 Å². The summed E-state index contributed by atoms with van der Waals surface area (Å²) in [4.78, 5) is 7.68. The van der Waals surface area contributed by atoms with Crippen molar-refractivity contribution in [2.24, 2.45) is 0 Å². The second-order valence-electron chi connectivity index (χ2n) is 0.373. The Bertz CT molecular complexity index is 44.9. The highest BCUT2D eigenvalue weighted by atomic mass is 32.1. The normalized spacial score (nSPS) is 11.2. The molecule has 3 nitrogen and oxygen atoms in total. The maximum absolute atomic E-state index is 9.33. The van der Waals surface area contributed by atoms with Gasteiger partial charge in [-0.15, -0.1) is 0 Å². The highest BCUT2D eigenvalue weighted by Gasteiger charge is 1.76. The molecule has 0 spiro atoms. The molecule has 0 saturated heterocycles. The van der Waals surface area contributed by atoms with Crippen LogP contribution in [0.3, 0.4) is 0 Å². The van der Waals surface area contributed by atoms with E-state index < -0.39 is 8.18 Å². The number of hydrogen-bond donors (Lipinski definition) is 3. The van der Waals surface area contributed by atoms with Crippen molar-refractivity contribution in [2.75, 3.05) is 0 Å². The smallest absolute Gasteiger partial charge is 0.302 e. The molecule has 0 aliphatic carbocycles. The Hall–Kier alpha value is 0.370. The zero-order valence-corrected chi connectivity index (χ0v) is 4.04. The van der Waals surface area contributed by atoms with Gasteiger partial charge in [0.15, 0.2) is 0 Å². The van der Waals surface area contributed by atoms with Gasteiger partial charge in [-0.1, -0.05) is 12.8 Å². The molecule has 0 aromatic rings. The van der Waals surface area contributed by atoms with Crippen molar-refractivity contribution < 1.29 is 9.46 Å². The molecule has 0 amide bonds. The fraction of sp³-hybridized carbons (Fsp3) is 0. The average Bonchev–Trinajstić information content (AvgIpc) is 1.38. The van der Waals surface area contributed by atoms with Gasteiger partial charge in [0.05, 0.1) is 0 Å². The molecule has 0 rings (SSSR count). The summed E-state index contributed by atoms with van der Waals surface area (Å²) >= 11 is 3.23. The van der Waals surface area contributed by atoms with Gasteiger partial charge in [0.25, 0.3) is 0 Å². The lowest BCUT2D eigenvalue weighted by molar-refractivity contribution is 0.501. The third-order valence-corrected chi connectivity index (χ3v) is 0.770. The maximum atomic E-state index is 9.33. The molecule has 0 bridgehead atoms. The van der Waals surface area contributed by atoms with Crippen molar-refractivity contribution >= 4 is 21.0 Å². The zero-order valence-electron chi connectivity index (χ0n) is 2.25. The number of rotatable bonds is 1. The largest absolute Gasteiger partial charge is 0.307 e. The van der Waals surface area contributed by atoms with Crippen LogP contribution >= 0.6 is 21.0 Å². The summed E-state index contributed by atoms with van der Waals surface area (Å²) in [6.45, 7) is 0. The average molecular weight is 112 g/mol. The Kier molecular flexibility index (Phi) is 2.79. The fourth-order valence-corrected chi connectivity index (χ4v) is 0. The van der Waals surface area contributed by atoms with E-state index in [4.69, 9.17) is 4.89 Å². The van der Waals surface area contributed by atoms with E-state index in [2.05, 4.69) is 12.8 Å². The first-order chi connectivity index (χ1) is 2.27. The van der Waals surface area contributed by atoms with E-state index in [1.807, 2.05) is 0 Å². The lowest BCUT2D eigenvalue weighted by Gasteiger charge is -1.75. The van der Waals surface area contributed by atoms with Crippen molar-refractivity contribution in [1.29, 1.82) is 0 Å². The Morgan fingerprint density at radius 1 is 2.00 bits per heavy atom. The van der Waals surface area contributed by atoms with Crippen LogP contribution in [0.25, 0.3) is 0 Å². The Balaban J connectivity index is 2.85. The lowest BCUT2D eigenvalue weighted by atomic mass is 13.9. The summed E-state index contributed by atoms with van der Waals surface area (Å²) in [6, 6.07) is 0. The molecule has 5 heteroatoms. The molecule has 1 radical (unpaired) electrons. The molecule has 0 aromatic heterocycles. The van der Waals surface area contributed by atoms with Crippen molar-refractivity contribution in [2.45, 2.75) is 0 Å². The third-order valence-electron chi connectivity index (χ3n) is 0.0855. The monoisotopic (exact) mass is 112 g/mol. The van der Waals surface area contributed by atoms with Gasteiger partial charge < -0.3 is 4.89 Å². The van der Waals surface area contributed by atoms with Gasteiger partial charge in [-0.2, -0.15) is 4.49 Å². The van der Waals surface area contributed by atoms with Gasteiger partial charge in [-0.3, -0.25) is 0 Å². The molecule has 0 fully saturated rings. The SMILES string of the molecule is O=[P](O)NS. The number of thiol groups is 1. The first-order valence-electron chi connectivity index (χ1n) is 0.830. The predicted octanol–water partition coefficient (Wildman–Crippen LogP) is 0.0705. The Morgan fingerprint density at radius 3 is 2.20 bits per heavy atom. The van der Waals surface area contributed by atoms with Gasteiger partial charge in [0, 0.05) is 0 Å². The quantitative estimate of drug-likeness (QED) is 0.332. The van der Waals surface area contributed by atoms with E-state index >= 15 is 0 Å². The maximum Gasteiger partial charge on any atom is 0.302 e. The van der Waals surface area contributed by atoms with Gasteiger partial charge in [0.2, 0.25) is 0 Å². The van der Waals surface area contributed by atoms with Crippen LogP contribution in [0.1, 0.15) is 0 Å². The molecule has 0 aliphatic rings. The molecular formula is H3NO2PS. The second-order valence-corrected chi connectivity index (χ2v) is 1.72. The van der Waals surface area contributed by atoms with Crippen LogP contribution in [-0.2, 0) is 4.57 Å². The highest BCUT2D eigenvalue weighted by molar-refractivity contribution is 7.83. The van der Waals surface area contributed by atoms with Gasteiger partial charge in [0.1, 0.15) is 0 Å². The molecule has 5 heavy (non-hydrogen) atoms. The minimum absolute atomic E-state index is 1.79. The van der Waals surface area contributed by atoms with E-state index in [0.717, 1.165) is 0 Å². The van der Waals surface area contributed by atoms with E-state index in [-0.39, 0.29) is 0 Å². The van der Waals surface area contributed by atoms with E-state index in [9.17, 15) is 4.57 Å². The minimum Gasteiger partial charge on any atom is -0.307 e. The van der Waals surface area contributed by atoms with Gasteiger partial charge in [-0.25, -0.2) is 4.57 Å². The summed E-state index contributed by atoms with van der Waals surface area (Å²) in [5.74, 6) is 0. The summed E-state index contributed by atoms with van der Waals surface area (Å²) < 4.78 is 11.1. The Morgan fingerprint density at radius 2 is 2.20 bits per heavy atom. The van der Waals surface area contributed by atoms with Crippen LogP contribution < -0.4 is 4.49 Å². The Labute approximate surface area is 35.9 Å². The molecule has 0 aliphatic heterocycles. The first-order valence-corrected chi connectivity index (χ1v) is 2.49. The summed E-state index contributed by atoms with van der Waals surface area (Å²) in [5, 5.41) is 0. The van der Waals surface area contributed by atoms with Gasteiger partial charge in [-0.05, 0) is 0 Å². The molecule has 2 N–H and O–H groups in total. The molecule has 0 aromatic carbocycles. The van der Waals surface area contributed by atoms with Crippen molar-refractivity contribution in [3.05, 3.63) is 0 Å². The summed E-state index contributed by atoms with van der Waals surface area (Å²) in [6.07, 6.45) is 0. The molecule has 0 heterocycles. The topological polar surface area (TPSA) is 49.3 Å². The fourth-order valence-electron chi connectivity index (χ4n) is 0. The van der Waals surface area contributed by atoms with Crippen molar-refractivity contribution in [3.8, 4) is 0 Å². The number of hydrogen-bond acceptors (Lipinski definition) is 2. The molecule has 0 saturated carbocycles. The van der Waals surface area contributed by atoms with Crippen LogP contribution in [0, 0.1) is 0 Å². The molecular weight excluding hydrogens is 109 g/mol. The van der Waals surface area contributed by atoms with Crippen LogP contribution in [-0.4, -0.2) is 4.89 Å². The molecule has 1 atom stereocenters. The van der Waals surface area contributed by atoms with Gasteiger partial charge >= 0.3 is 8.18 Å². The number of nitrogens with one attached hydrogen (secondary N) is 1.